The monoisotopic (exact) mass is 355 g/mol. The summed E-state index contributed by atoms with van der Waals surface area (Å²) in [4.78, 5) is 16.7. The van der Waals surface area contributed by atoms with Crippen LogP contribution < -0.4 is 0 Å². The number of oxazole rings is 1. The average Bonchev–Trinajstić information content (AvgIpc) is 3.15. The molecule has 0 radical (unpaired) electrons. The fourth-order valence-corrected chi connectivity index (χ4v) is 2.84. The maximum Gasteiger partial charge on any atom is 0.331 e. The van der Waals surface area contributed by atoms with E-state index in [1.807, 2.05) is 84.9 Å². The molecule has 0 amide bonds. The number of carbonyl (C=O) groups excluding carboxylic acids is 1. The number of hydrogen-bond donors (Lipinski definition) is 0. The van der Waals surface area contributed by atoms with E-state index in [2.05, 4.69) is 4.98 Å². The van der Waals surface area contributed by atoms with Crippen LogP contribution in [0.1, 0.15) is 23.1 Å². The van der Waals surface area contributed by atoms with E-state index in [9.17, 15) is 4.79 Å². The second-order valence-electron chi connectivity index (χ2n) is 5.99. The molecular formula is C23H17NO3. The molecule has 1 aromatic heterocycles. The zero-order chi connectivity index (χ0) is 18.5. The van der Waals surface area contributed by atoms with Crippen LogP contribution in [0.25, 0.3) is 17.2 Å². The Morgan fingerprint density at radius 1 is 0.852 bits per heavy atom. The molecule has 0 unspecified atom stereocenters. The van der Waals surface area contributed by atoms with Crippen LogP contribution in [0.4, 0.5) is 0 Å². The second kappa shape index (κ2) is 7.70. The second-order valence-corrected chi connectivity index (χ2v) is 5.99. The van der Waals surface area contributed by atoms with E-state index in [1.54, 1.807) is 0 Å². The van der Waals surface area contributed by atoms with Crippen molar-refractivity contribution in [3.8, 4) is 0 Å². The first-order chi connectivity index (χ1) is 13.3. The predicted octanol–water partition coefficient (Wildman–Crippen LogP) is 5.17. The lowest BCUT2D eigenvalue weighted by Crippen LogP contribution is -2.10. The maximum absolute atomic E-state index is 12.4. The highest BCUT2D eigenvalue weighted by Gasteiger charge is 2.17. The van der Waals surface area contributed by atoms with Gasteiger partial charge in [0.2, 0.25) is 5.89 Å². The van der Waals surface area contributed by atoms with Crippen molar-refractivity contribution in [3.05, 3.63) is 108 Å². The number of para-hydroxylation sites is 2. The number of benzene rings is 3. The van der Waals surface area contributed by atoms with Gasteiger partial charge in [-0.3, -0.25) is 0 Å². The molecule has 0 spiro atoms. The van der Waals surface area contributed by atoms with Crippen LogP contribution in [0.3, 0.4) is 0 Å². The Hall–Kier alpha value is -3.66. The van der Waals surface area contributed by atoms with Crippen LogP contribution in [-0.4, -0.2) is 11.0 Å². The number of fused-ring (bicyclic) bond motifs is 1. The van der Waals surface area contributed by atoms with Gasteiger partial charge in [-0.25, -0.2) is 9.78 Å². The topological polar surface area (TPSA) is 52.3 Å². The molecule has 4 aromatic rings. The molecule has 3 aromatic carbocycles. The Labute approximate surface area is 156 Å². The predicted molar refractivity (Wildman–Crippen MR) is 104 cm³/mol. The molecule has 0 fully saturated rings. The summed E-state index contributed by atoms with van der Waals surface area (Å²) >= 11 is 0. The van der Waals surface area contributed by atoms with E-state index in [0.29, 0.717) is 11.5 Å². The van der Waals surface area contributed by atoms with E-state index in [-0.39, 0.29) is 0 Å². The summed E-state index contributed by atoms with van der Waals surface area (Å²) in [5.74, 6) is -0.0981. The first kappa shape index (κ1) is 16.8. The molecule has 27 heavy (non-hydrogen) atoms. The van der Waals surface area contributed by atoms with Crippen molar-refractivity contribution in [1.82, 2.24) is 4.98 Å². The number of aromatic nitrogens is 1. The minimum Gasteiger partial charge on any atom is -0.449 e. The van der Waals surface area contributed by atoms with Gasteiger partial charge in [0, 0.05) is 12.2 Å². The summed E-state index contributed by atoms with van der Waals surface area (Å²) in [6, 6.07) is 26.8. The molecule has 0 atom stereocenters. The minimum absolute atomic E-state index is 0.365. The number of hydrogen-bond acceptors (Lipinski definition) is 4. The van der Waals surface area contributed by atoms with E-state index in [0.717, 1.165) is 16.6 Å². The molecule has 132 valence electrons. The summed E-state index contributed by atoms with van der Waals surface area (Å²) < 4.78 is 11.3. The van der Waals surface area contributed by atoms with Crippen LogP contribution in [-0.2, 0) is 9.53 Å². The first-order valence-electron chi connectivity index (χ1n) is 8.64. The molecule has 0 aliphatic heterocycles. The zero-order valence-corrected chi connectivity index (χ0v) is 14.5. The molecule has 0 N–H and O–H groups in total. The quantitative estimate of drug-likeness (QED) is 0.366. The van der Waals surface area contributed by atoms with E-state index < -0.39 is 12.1 Å². The lowest BCUT2D eigenvalue weighted by Gasteiger charge is -2.17. The van der Waals surface area contributed by atoms with Crippen molar-refractivity contribution < 1.29 is 13.9 Å². The van der Waals surface area contributed by atoms with Crippen molar-refractivity contribution in [2.75, 3.05) is 0 Å². The lowest BCUT2D eigenvalue weighted by atomic mass is 10.0. The highest BCUT2D eigenvalue weighted by Crippen LogP contribution is 2.26. The minimum atomic E-state index is -0.479. The average molecular weight is 355 g/mol. The van der Waals surface area contributed by atoms with Gasteiger partial charge in [-0.05, 0) is 23.3 Å². The van der Waals surface area contributed by atoms with Gasteiger partial charge in [0.15, 0.2) is 11.7 Å². The normalized spacial score (nSPS) is 11.3. The molecule has 4 heteroatoms. The molecule has 0 aliphatic carbocycles. The SMILES string of the molecule is O=C(/C=C/c1nc2ccccc2o1)OC(c1ccccc1)c1ccccc1. The molecule has 4 nitrogen and oxygen atoms in total. The number of rotatable bonds is 5. The zero-order valence-electron chi connectivity index (χ0n) is 14.5. The van der Waals surface area contributed by atoms with Gasteiger partial charge in [-0.1, -0.05) is 72.8 Å². The van der Waals surface area contributed by atoms with Crippen LogP contribution >= 0.6 is 0 Å². The van der Waals surface area contributed by atoms with Crippen LogP contribution in [0, 0.1) is 0 Å². The third-order valence-corrected chi connectivity index (χ3v) is 4.11. The summed E-state index contributed by atoms with van der Waals surface area (Å²) in [6.07, 6.45) is 2.38. The van der Waals surface area contributed by atoms with Crippen molar-refractivity contribution in [1.29, 1.82) is 0 Å². The van der Waals surface area contributed by atoms with Crippen molar-refractivity contribution in [2.45, 2.75) is 6.10 Å². The van der Waals surface area contributed by atoms with Gasteiger partial charge in [0.05, 0.1) is 0 Å². The molecule has 0 aliphatic rings. The lowest BCUT2D eigenvalue weighted by molar-refractivity contribution is -0.141. The van der Waals surface area contributed by atoms with E-state index in [4.69, 9.17) is 9.15 Å². The molecule has 4 rings (SSSR count). The summed E-state index contributed by atoms with van der Waals surface area (Å²) in [7, 11) is 0. The van der Waals surface area contributed by atoms with Gasteiger partial charge in [-0.15, -0.1) is 0 Å². The van der Waals surface area contributed by atoms with Gasteiger partial charge < -0.3 is 9.15 Å². The fourth-order valence-electron chi connectivity index (χ4n) is 2.84. The Balaban J connectivity index is 1.54. The van der Waals surface area contributed by atoms with Crippen molar-refractivity contribution >= 4 is 23.1 Å². The fraction of sp³-hybridized carbons (Fsp3) is 0.0435. The molecular weight excluding hydrogens is 338 g/mol. The number of nitrogens with zero attached hydrogens (tertiary/aromatic N) is 1. The number of carbonyl (C=O) groups is 1. The Kier molecular flexibility index (Phi) is 4.79. The standard InChI is InChI=1S/C23H17NO3/c25-22(16-15-21-24-19-13-7-8-14-20(19)26-21)27-23(17-9-3-1-4-10-17)18-11-5-2-6-12-18/h1-16,23H/b16-15+. The molecule has 1 heterocycles. The number of esters is 1. The summed E-state index contributed by atoms with van der Waals surface area (Å²) in [5, 5.41) is 0. The van der Waals surface area contributed by atoms with E-state index >= 15 is 0 Å². The Bertz CT molecular complexity index is 996. The van der Waals surface area contributed by atoms with Gasteiger partial charge in [0.1, 0.15) is 5.52 Å². The Morgan fingerprint density at radius 2 is 1.44 bits per heavy atom. The highest BCUT2D eigenvalue weighted by atomic mass is 16.5. The third kappa shape index (κ3) is 3.96. The smallest absolute Gasteiger partial charge is 0.331 e. The van der Waals surface area contributed by atoms with Crippen LogP contribution in [0.15, 0.2) is 95.4 Å². The maximum atomic E-state index is 12.4. The van der Waals surface area contributed by atoms with Crippen molar-refractivity contribution in [2.24, 2.45) is 0 Å². The summed E-state index contributed by atoms with van der Waals surface area (Å²) in [5.41, 5.74) is 3.24. The van der Waals surface area contributed by atoms with Crippen molar-refractivity contribution in [3.63, 3.8) is 0 Å². The molecule has 0 saturated carbocycles. The summed E-state index contributed by atoms with van der Waals surface area (Å²) in [6.45, 7) is 0. The largest absolute Gasteiger partial charge is 0.449 e. The number of ether oxygens (including phenoxy) is 1. The first-order valence-corrected chi connectivity index (χ1v) is 8.64. The van der Waals surface area contributed by atoms with Gasteiger partial charge in [-0.2, -0.15) is 0 Å². The van der Waals surface area contributed by atoms with Crippen LogP contribution in [0.5, 0.6) is 0 Å². The van der Waals surface area contributed by atoms with E-state index in [1.165, 1.54) is 12.2 Å². The van der Waals surface area contributed by atoms with Gasteiger partial charge in [0.25, 0.3) is 0 Å². The van der Waals surface area contributed by atoms with Gasteiger partial charge >= 0.3 is 5.97 Å². The Morgan fingerprint density at radius 3 is 2.07 bits per heavy atom. The highest BCUT2D eigenvalue weighted by molar-refractivity contribution is 5.87. The molecule has 0 saturated heterocycles. The molecule has 0 bridgehead atoms. The third-order valence-electron chi connectivity index (χ3n) is 4.11. The van der Waals surface area contributed by atoms with Crippen LogP contribution in [0.2, 0.25) is 0 Å².